The Morgan fingerprint density at radius 3 is 2.12 bits per heavy atom. The standard InChI is InChI=1S/C34H47Cl2NO3Si/c1-23(2)41(24(3)4,25(5)6)40-19-17-34(16-18-38)21-31(28-8-7-9-30(36)20-28)32(27-12-14-29(35)15-13-27)37(33(34)39)22-26-10-11-26/h7-9,12-15,18,20,23-26,31-32H,10-11,16-17,19,21-22H2,1-6H3/t31?,32-,34?/m1/s1. The average Bonchev–Trinajstić information content (AvgIpc) is 3.73. The van der Waals surface area contributed by atoms with Gasteiger partial charge in [0.25, 0.3) is 0 Å². The van der Waals surface area contributed by atoms with Crippen LogP contribution in [-0.2, 0) is 14.0 Å². The lowest BCUT2D eigenvalue weighted by molar-refractivity contribution is -0.155. The molecule has 3 atom stereocenters. The number of carbonyl (C=O) groups excluding carboxylic acids is 2. The number of benzene rings is 2. The molecule has 224 valence electrons. The molecule has 4 nitrogen and oxygen atoms in total. The second-order valence-electron chi connectivity index (χ2n) is 13.3. The summed E-state index contributed by atoms with van der Waals surface area (Å²) >= 11 is 12.8. The molecule has 2 unspecified atom stereocenters. The Labute approximate surface area is 258 Å². The van der Waals surface area contributed by atoms with Crippen molar-refractivity contribution in [1.29, 1.82) is 0 Å². The van der Waals surface area contributed by atoms with Crippen LogP contribution in [0.15, 0.2) is 48.5 Å². The van der Waals surface area contributed by atoms with E-state index < -0.39 is 13.7 Å². The quantitative estimate of drug-likeness (QED) is 0.166. The first-order valence-electron chi connectivity index (χ1n) is 15.3. The van der Waals surface area contributed by atoms with Crippen LogP contribution in [-0.4, -0.2) is 38.6 Å². The molecule has 4 rings (SSSR count). The summed E-state index contributed by atoms with van der Waals surface area (Å²) in [6.07, 6.45) is 4.52. The van der Waals surface area contributed by atoms with Gasteiger partial charge in [0.1, 0.15) is 6.29 Å². The van der Waals surface area contributed by atoms with E-state index in [9.17, 15) is 9.59 Å². The summed E-state index contributed by atoms with van der Waals surface area (Å²) in [7, 11) is -2.13. The third-order valence-electron chi connectivity index (χ3n) is 9.80. The number of hydrogen-bond acceptors (Lipinski definition) is 3. The molecule has 1 aliphatic heterocycles. The van der Waals surface area contributed by atoms with Crippen LogP contribution in [0.1, 0.15) is 96.7 Å². The summed E-state index contributed by atoms with van der Waals surface area (Å²) < 4.78 is 6.97. The van der Waals surface area contributed by atoms with Crippen molar-refractivity contribution in [2.45, 2.75) is 102 Å². The zero-order valence-corrected chi connectivity index (χ0v) is 28.0. The topological polar surface area (TPSA) is 46.6 Å². The highest BCUT2D eigenvalue weighted by Gasteiger charge is 2.53. The van der Waals surface area contributed by atoms with Crippen LogP contribution in [0.2, 0.25) is 26.7 Å². The van der Waals surface area contributed by atoms with Crippen LogP contribution in [0.3, 0.4) is 0 Å². The maximum Gasteiger partial charge on any atom is 0.229 e. The van der Waals surface area contributed by atoms with E-state index in [-0.39, 0.29) is 24.3 Å². The zero-order chi connectivity index (χ0) is 29.9. The SMILES string of the molecule is CC(C)[Si](OCCC1(CC=O)CC(c2cccc(Cl)c2)[C@@H](c2ccc(Cl)cc2)N(CC2CC2)C1=O)(C(C)C)C(C)C. The van der Waals surface area contributed by atoms with Gasteiger partial charge in [-0.1, -0.05) is 89.0 Å². The van der Waals surface area contributed by atoms with Crippen molar-refractivity contribution in [1.82, 2.24) is 4.90 Å². The highest BCUT2D eigenvalue weighted by Crippen LogP contribution is 2.54. The molecular weight excluding hydrogens is 569 g/mol. The van der Waals surface area contributed by atoms with Crippen LogP contribution in [0.5, 0.6) is 0 Å². The number of hydrogen-bond donors (Lipinski definition) is 0. The summed E-state index contributed by atoms with van der Waals surface area (Å²) in [4.78, 5) is 29.1. The van der Waals surface area contributed by atoms with Gasteiger partial charge in [0.2, 0.25) is 5.91 Å². The molecule has 0 aromatic heterocycles. The molecule has 2 fully saturated rings. The predicted octanol–water partition coefficient (Wildman–Crippen LogP) is 9.62. The zero-order valence-electron chi connectivity index (χ0n) is 25.5. The number of piperidine rings is 1. The number of rotatable bonds is 13. The van der Waals surface area contributed by atoms with Gasteiger partial charge in [-0.15, -0.1) is 0 Å². The smallest absolute Gasteiger partial charge is 0.229 e. The predicted molar refractivity (Wildman–Crippen MR) is 172 cm³/mol. The molecule has 1 amide bonds. The molecule has 1 heterocycles. The van der Waals surface area contributed by atoms with E-state index in [1.165, 1.54) is 0 Å². The number of nitrogens with zero attached hydrogens (tertiary/aromatic N) is 1. The molecule has 1 saturated carbocycles. The van der Waals surface area contributed by atoms with Gasteiger partial charge in [0, 0.05) is 35.5 Å². The van der Waals surface area contributed by atoms with E-state index in [0.717, 1.165) is 30.3 Å². The average molecular weight is 617 g/mol. The van der Waals surface area contributed by atoms with Gasteiger partial charge in [-0.25, -0.2) is 0 Å². The Balaban J connectivity index is 1.77. The molecule has 2 aromatic carbocycles. The maximum atomic E-state index is 14.7. The van der Waals surface area contributed by atoms with E-state index in [4.69, 9.17) is 27.6 Å². The summed E-state index contributed by atoms with van der Waals surface area (Å²) in [5.74, 6) is 0.567. The first kappa shape index (κ1) is 32.3. The highest BCUT2D eigenvalue weighted by molar-refractivity contribution is 6.77. The van der Waals surface area contributed by atoms with Crippen LogP contribution in [0, 0.1) is 11.3 Å². The third kappa shape index (κ3) is 6.79. The lowest BCUT2D eigenvalue weighted by Gasteiger charge is -2.51. The van der Waals surface area contributed by atoms with Crippen molar-refractivity contribution in [2.24, 2.45) is 11.3 Å². The molecule has 2 aromatic rings. The van der Waals surface area contributed by atoms with Gasteiger partial charge in [-0.3, -0.25) is 4.79 Å². The lowest BCUT2D eigenvalue weighted by atomic mass is 9.65. The minimum atomic E-state index is -2.13. The van der Waals surface area contributed by atoms with E-state index in [0.29, 0.717) is 58.6 Å². The van der Waals surface area contributed by atoms with Crippen molar-refractivity contribution in [3.05, 3.63) is 69.7 Å². The van der Waals surface area contributed by atoms with Gasteiger partial charge in [0.15, 0.2) is 8.32 Å². The van der Waals surface area contributed by atoms with Gasteiger partial charge >= 0.3 is 0 Å². The Morgan fingerprint density at radius 2 is 1.59 bits per heavy atom. The number of aldehydes is 1. The number of carbonyl (C=O) groups is 2. The van der Waals surface area contributed by atoms with E-state index >= 15 is 0 Å². The van der Waals surface area contributed by atoms with E-state index in [1.54, 1.807) is 0 Å². The van der Waals surface area contributed by atoms with Crippen molar-refractivity contribution in [2.75, 3.05) is 13.2 Å². The van der Waals surface area contributed by atoms with Gasteiger partial charge < -0.3 is 14.1 Å². The Bertz CT molecular complexity index is 1170. The van der Waals surface area contributed by atoms with Crippen molar-refractivity contribution < 1.29 is 14.0 Å². The molecule has 2 aliphatic rings. The fraction of sp³-hybridized carbons (Fsp3) is 0.588. The summed E-state index contributed by atoms with van der Waals surface area (Å²) in [5.41, 5.74) is 2.69. The van der Waals surface area contributed by atoms with Crippen molar-refractivity contribution >= 4 is 43.7 Å². The summed E-state index contributed by atoms with van der Waals surface area (Å²) in [6, 6.07) is 15.7. The van der Waals surface area contributed by atoms with Gasteiger partial charge in [0.05, 0.1) is 11.5 Å². The molecule has 41 heavy (non-hydrogen) atoms. The molecule has 0 spiro atoms. The molecule has 0 bridgehead atoms. The fourth-order valence-corrected chi connectivity index (χ4v) is 13.5. The summed E-state index contributed by atoms with van der Waals surface area (Å²) in [6.45, 7) is 14.9. The second-order valence-corrected chi connectivity index (χ2v) is 19.7. The molecule has 1 aliphatic carbocycles. The van der Waals surface area contributed by atoms with Crippen LogP contribution in [0.25, 0.3) is 0 Å². The van der Waals surface area contributed by atoms with Gasteiger partial charge in [-0.2, -0.15) is 0 Å². The Kier molecular flexibility index (Phi) is 10.5. The maximum absolute atomic E-state index is 14.7. The number of halogens is 2. The van der Waals surface area contributed by atoms with Crippen LogP contribution < -0.4 is 0 Å². The first-order chi connectivity index (χ1) is 19.4. The lowest BCUT2D eigenvalue weighted by Crippen LogP contribution is -2.55. The minimum Gasteiger partial charge on any atom is -0.416 e. The summed E-state index contributed by atoms with van der Waals surface area (Å²) in [5, 5.41) is 1.35. The second kappa shape index (κ2) is 13.3. The third-order valence-corrected chi connectivity index (χ3v) is 16.4. The fourth-order valence-electron chi connectivity index (χ4n) is 7.72. The van der Waals surface area contributed by atoms with Crippen molar-refractivity contribution in [3.8, 4) is 0 Å². The first-order valence-corrected chi connectivity index (χ1v) is 18.2. The molecular formula is C34H47Cl2NO3Si. The monoisotopic (exact) mass is 615 g/mol. The van der Waals surface area contributed by atoms with Crippen LogP contribution in [0.4, 0.5) is 0 Å². The Morgan fingerprint density at radius 1 is 0.951 bits per heavy atom. The Hall–Kier alpha value is -1.66. The van der Waals surface area contributed by atoms with E-state index in [2.05, 4.69) is 52.5 Å². The van der Waals surface area contributed by atoms with E-state index in [1.807, 2.05) is 42.5 Å². The number of likely N-dealkylation sites (tertiary alicyclic amines) is 1. The largest absolute Gasteiger partial charge is 0.416 e. The van der Waals surface area contributed by atoms with Crippen molar-refractivity contribution in [3.63, 3.8) is 0 Å². The number of amides is 1. The van der Waals surface area contributed by atoms with Crippen LogP contribution >= 0.6 is 23.2 Å². The molecule has 0 N–H and O–H groups in total. The minimum absolute atomic E-state index is 0.0198. The van der Waals surface area contributed by atoms with Gasteiger partial charge in [-0.05, 0) is 83.6 Å². The molecule has 7 heteroatoms. The molecule has 1 saturated heterocycles. The highest BCUT2D eigenvalue weighted by atomic mass is 35.5. The molecule has 0 radical (unpaired) electrons. The normalized spacial score (nSPS) is 23.6.